The van der Waals surface area contributed by atoms with Gasteiger partial charge in [-0.3, -0.25) is 10.1 Å². The molecule has 0 spiro atoms. The van der Waals surface area contributed by atoms with Crippen molar-refractivity contribution in [3.8, 4) is 11.4 Å². The minimum absolute atomic E-state index is 0. The number of hydrogen-bond acceptors (Lipinski definition) is 4. The average Bonchev–Trinajstić information content (AvgIpc) is 3.35. The van der Waals surface area contributed by atoms with E-state index in [1.54, 1.807) is 7.05 Å². The molecular formula is C24H31IN6O. The van der Waals surface area contributed by atoms with E-state index in [1.165, 1.54) is 17.5 Å². The predicted octanol–water partition coefficient (Wildman–Crippen LogP) is 4.23. The highest BCUT2D eigenvalue weighted by atomic mass is 127. The molecule has 2 unspecified atom stereocenters. The molecule has 1 aliphatic heterocycles. The summed E-state index contributed by atoms with van der Waals surface area (Å²) in [5.74, 6) is 1.96. The van der Waals surface area contributed by atoms with Crippen LogP contribution >= 0.6 is 24.0 Å². The first kappa shape index (κ1) is 24.2. The molecule has 2 atom stereocenters. The number of benzene rings is 2. The number of nitrogens with one attached hydrogen (secondary N) is 3. The fraction of sp³-hybridized carbons (Fsp3) is 0.375. The van der Waals surface area contributed by atoms with E-state index in [-0.39, 0.29) is 30.1 Å². The van der Waals surface area contributed by atoms with Gasteiger partial charge in [-0.25, -0.2) is 4.98 Å². The SMILES string of the molecule is CN=C(NCc1cccc(-c2ncn[nH]2)c1)NCC1CCCOC1c1ccc(C)cc1.I. The average molecular weight is 546 g/mol. The minimum Gasteiger partial charge on any atom is -0.373 e. The second-order valence-corrected chi connectivity index (χ2v) is 7.95. The molecule has 8 heteroatoms. The zero-order chi connectivity index (χ0) is 21.5. The molecule has 1 saturated heterocycles. The number of halogens is 1. The van der Waals surface area contributed by atoms with E-state index in [0.717, 1.165) is 48.9 Å². The van der Waals surface area contributed by atoms with Crippen molar-refractivity contribution in [2.24, 2.45) is 10.9 Å². The van der Waals surface area contributed by atoms with Crippen molar-refractivity contribution in [2.75, 3.05) is 20.2 Å². The molecule has 2 heterocycles. The third-order valence-corrected chi connectivity index (χ3v) is 5.68. The van der Waals surface area contributed by atoms with Crippen LogP contribution in [0.5, 0.6) is 0 Å². The van der Waals surface area contributed by atoms with Crippen LogP contribution in [0.4, 0.5) is 0 Å². The van der Waals surface area contributed by atoms with Gasteiger partial charge in [0.2, 0.25) is 0 Å². The molecule has 0 saturated carbocycles. The maximum absolute atomic E-state index is 6.15. The first-order valence-corrected chi connectivity index (χ1v) is 10.8. The molecule has 1 aliphatic rings. The molecule has 0 bridgehead atoms. The number of hydrogen-bond donors (Lipinski definition) is 3. The Kier molecular flexibility index (Phi) is 9.04. The standard InChI is InChI=1S/C24H30N6O.HI/c1-17-8-10-19(11-9-17)22-21(7-4-12-31-22)15-27-24(25-2)26-14-18-5-3-6-20(13-18)23-28-16-29-30-23;/h3,5-6,8-11,13,16,21-22H,4,7,12,14-15H2,1-2H3,(H2,25,26,27)(H,28,29,30);1H. The number of rotatable bonds is 6. The summed E-state index contributed by atoms with van der Waals surface area (Å²) in [7, 11) is 1.80. The Morgan fingerprint density at radius 2 is 2.03 bits per heavy atom. The molecule has 170 valence electrons. The first-order chi connectivity index (χ1) is 15.2. The van der Waals surface area contributed by atoms with E-state index in [0.29, 0.717) is 12.5 Å². The van der Waals surface area contributed by atoms with Crippen LogP contribution in [0.15, 0.2) is 59.9 Å². The lowest BCUT2D eigenvalue weighted by atomic mass is 9.89. The van der Waals surface area contributed by atoms with Gasteiger partial charge in [-0.15, -0.1) is 24.0 Å². The monoisotopic (exact) mass is 546 g/mol. The lowest BCUT2D eigenvalue weighted by Gasteiger charge is -2.32. The van der Waals surface area contributed by atoms with Crippen molar-refractivity contribution >= 4 is 29.9 Å². The van der Waals surface area contributed by atoms with Gasteiger partial charge in [-0.05, 0) is 37.0 Å². The van der Waals surface area contributed by atoms with Crippen molar-refractivity contribution in [1.29, 1.82) is 0 Å². The fourth-order valence-electron chi connectivity index (χ4n) is 3.98. The van der Waals surface area contributed by atoms with Crippen LogP contribution in [-0.4, -0.2) is 41.3 Å². The number of aryl methyl sites for hydroxylation is 1. The van der Waals surface area contributed by atoms with Gasteiger partial charge in [0.25, 0.3) is 0 Å². The van der Waals surface area contributed by atoms with Crippen LogP contribution in [0.25, 0.3) is 11.4 Å². The summed E-state index contributed by atoms with van der Waals surface area (Å²) < 4.78 is 6.15. The molecule has 7 nitrogen and oxygen atoms in total. The molecule has 1 fully saturated rings. The van der Waals surface area contributed by atoms with Crippen LogP contribution in [0.1, 0.15) is 35.6 Å². The summed E-state index contributed by atoms with van der Waals surface area (Å²) in [6, 6.07) is 16.9. The summed E-state index contributed by atoms with van der Waals surface area (Å²) in [6.45, 7) is 4.42. The largest absolute Gasteiger partial charge is 0.373 e. The molecule has 0 aliphatic carbocycles. The Morgan fingerprint density at radius 1 is 1.19 bits per heavy atom. The molecule has 32 heavy (non-hydrogen) atoms. The zero-order valence-corrected chi connectivity index (χ0v) is 20.9. The van der Waals surface area contributed by atoms with Gasteiger partial charge in [0, 0.05) is 38.2 Å². The smallest absolute Gasteiger partial charge is 0.191 e. The van der Waals surface area contributed by atoms with Gasteiger partial charge in [0.1, 0.15) is 6.33 Å². The molecule has 0 amide bonds. The van der Waals surface area contributed by atoms with E-state index in [4.69, 9.17) is 4.74 Å². The number of guanidine groups is 1. The number of aromatic amines is 1. The number of H-pyrrole nitrogens is 1. The van der Waals surface area contributed by atoms with Gasteiger partial charge in [-0.2, -0.15) is 5.10 Å². The Bertz CT molecular complexity index is 990. The van der Waals surface area contributed by atoms with E-state index < -0.39 is 0 Å². The predicted molar refractivity (Wildman–Crippen MR) is 138 cm³/mol. The van der Waals surface area contributed by atoms with E-state index in [1.807, 2.05) is 12.1 Å². The lowest BCUT2D eigenvalue weighted by Crippen LogP contribution is -2.41. The highest BCUT2D eigenvalue weighted by Crippen LogP contribution is 2.33. The highest BCUT2D eigenvalue weighted by molar-refractivity contribution is 14.0. The topological polar surface area (TPSA) is 87.2 Å². The van der Waals surface area contributed by atoms with Crippen LogP contribution in [0, 0.1) is 12.8 Å². The number of ether oxygens (including phenoxy) is 1. The van der Waals surface area contributed by atoms with Crippen molar-refractivity contribution < 1.29 is 4.74 Å². The second-order valence-electron chi connectivity index (χ2n) is 7.95. The molecule has 2 aromatic carbocycles. The van der Waals surface area contributed by atoms with Crippen LogP contribution in [0.3, 0.4) is 0 Å². The van der Waals surface area contributed by atoms with E-state index >= 15 is 0 Å². The van der Waals surface area contributed by atoms with Crippen LogP contribution in [-0.2, 0) is 11.3 Å². The molecule has 0 radical (unpaired) electrons. The van der Waals surface area contributed by atoms with Crippen molar-refractivity contribution in [2.45, 2.75) is 32.4 Å². The van der Waals surface area contributed by atoms with Crippen molar-refractivity contribution in [1.82, 2.24) is 25.8 Å². The van der Waals surface area contributed by atoms with Gasteiger partial charge in [0.15, 0.2) is 11.8 Å². The first-order valence-electron chi connectivity index (χ1n) is 10.8. The maximum atomic E-state index is 6.15. The highest BCUT2D eigenvalue weighted by Gasteiger charge is 2.27. The van der Waals surface area contributed by atoms with Gasteiger partial charge >= 0.3 is 0 Å². The van der Waals surface area contributed by atoms with Gasteiger partial charge in [0.05, 0.1) is 6.10 Å². The summed E-state index contributed by atoms with van der Waals surface area (Å²) in [5.41, 5.74) is 4.69. The number of aliphatic imine (C=N–C) groups is 1. The Labute approximate surface area is 206 Å². The second kappa shape index (κ2) is 12.0. The third kappa shape index (κ3) is 6.29. The van der Waals surface area contributed by atoms with Crippen molar-refractivity contribution in [3.63, 3.8) is 0 Å². The normalized spacial score (nSPS) is 18.6. The van der Waals surface area contributed by atoms with E-state index in [2.05, 4.69) is 74.1 Å². The minimum atomic E-state index is 0. The number of aromatic nitrogens is 3. The maximum Gasteiger partial charge on any atom is 0.191 e. The van der Waals surface area contributed by atoms with Crippen LogP contribution in [0.2, 0.25) is 0 Å². The Morgan fingerprint density at radius 3 is 2.78 bits per heavy atom. The summed E-state index contributed by atoms with van der Waals surface area (Å²) in [4.78, 5) is 8.62. The van der Waals surface area contributed by atoms with Gasteiger partial charge in [-0.1, -0.05) is 48.0 Å². The molecule has 1 aromatic heterocycles. The van der Waals surface area contributed by atoms with Crippen LogP contribution < -0.4 is 10.6 Å². The summed E-state index contributed by atoms with van der Waals surface area (Å²) >= 11 is 0. The molecule has 3 aromatic rings. The Balaban J connectivity index is 0.00000289. The molecule has 4 rings (SSSR count). The molecular weight excluding hydrogens is 515 g/mol. The van der Waals surface area contributed by atoms with E-state index in [9.17, 15) is 0 Å². The van der Waals surface area contributed by atoms with Crippen molar-refractivity contribution in [3.05, 3.63) is 71.5 Å². The number of nitrogens with zero attached hydrogens (tertiary/aromatic N) is 3. The zero-order valence-electron chi connectivity index (χ0n) is 18.5. The molecule has 3 N–H and O–H groups in total. The summed E-state index contributed by atoms with van der Waals surface area (Å²) in [5, 5.41) is 13.7. The lowest BCUT2D eigenvalue weighted by molar-refractivity contribution is -0.0265. The summed E-state index contributed by atoms with van der Waals surface area (Å²) in [6.07, 6.45) is 3.88. The third-order valence-electron chi connectivity index (χ3n) is 5.68. The quantitative estimate of drug-likeness (QED) is 0.245. The fourth-order valence-corrected chi connectivity index (χ4v) is 3.98. The Hall–Kier alpha value is -2.46. The van der Waals surface area contributed by atoms with Gasteiger partial charge < -0.3 is 15.4 Å².